The SMILES string of the molecule is CNC(=O)CSc1nc(-c2ccccc2)c(NC(=O)c2ccccc2S(C)(=O)=O)s1. The molecule has 30 heavy (non-hydrogen) atoms. The van der Waals surface area contributed by atoms with Gasteiger partial charge in [-0.15, -0.1) is 0 Å². The first kappa shape index (κ1) is 22.0. The number of carbonyl (C=O) groups is 2. The highest BCUT2D eigenvalue weighted by atomic mass is 32.2. The fraction of sp³-hybridized carbons (Fsp3) is 0.150. The van der Waals surface area contributed by atoms with Crippen LogP contribution in [0.2, 0.25) is 0 Å². The van der Waals surface area contributed by atoms with Gasteiger partial charge in [0.05, 0.1) is 16.2 Å². The van der Waals surface area contributed by atoms with Crippen molar-refractivity contribution in [2.24, 2.45) is 0 Å². The van der Waals surface area contributed by atoms with Crippen molar-refractivity contribution in [2.45, 2.75) is 9.24 Å². The Kier molecular flexibility index (Phi) is 6.91. The molecule has 7 nitrogen and oxygen atoms in total. The number of thioether (sulfide) groups is 1. The van der Waals surface area contributed by atoms with E-state index in [0.717, 1.165) is 11.8 Å². The Morgan fingerprint density at radius 2 is 1.73 bits per heavy atom. The first-order chi connectivity index (χ1) is 14.3. The van der Waals surface area contributed by atoms with Gasteiger partial charge in [0.15, 0.2) is 14.2 Å². The second kappa shape index (κ2) is 9.41. The molecule has 0 atom stereocenters. The van der Waals surface area contributed by atoms with E-state index < -0.39 is 15.7 Å². The van der Waals surface area contributed by atoms with Gasteiger partial charge in [0, 0.05) is 18.9 Å². The highest BCUT2D eigenvalue weighted by Gasteiger charge is 2.21. The third kappa shape index (κ3) is 5.26. The summed E-state index contributed by atoms with van der Waals surface area (Å²) in [5.74, 6) is -0.480. The summed E-state index contributed by atoms with van der Waals surface area (Å²) in [6.45, 7) is 0. The van der Waals surface area contributed by atoms with Crippen LogP contribution in [-0.2, 0) is 14.6 Å². The predicted octanol–water partition coefficient (Wildman–Crippen LogP) is 3.30. The number of hydrogen-bond acceptors (Lipinski definition) is 7. The molecule has 0 fully saturated rings. The molecular weight excluding hydrogens is 442 g/mol. The van der Waals surface area contributed by atoms with Crippen molar-refractivity contribution >= 4 is 49.8 Å². The lowest BCUT2D eigenvalue weighted by atomic mass is 10.1. The van der Waals surface area contributed by atoms with E-state index in [1.54, 1.807) is 19.2 Å². The molecule has 0 aliphatic rings. The number of carbonyl (C=O) groups excluding carboxylic acids is 2. The molecule has 156 valence electrons. The minimum atomic E-state index is -3.57. The van der Waals surface area contributed by atoms with E-state index in [1.807, 2.05) is 30.3 Å². The van der Waals surface area contributed by atoms with E-state index in [2.05, 4.69) is 15.6 Å². The molecule has 1 heterocycles. The number of thiazole rings is 1. The summed E-state index contributed by atoms with van der Waals surface area (Å²) >= 11 is 2.49. The smallest absolute Gasteiger partial charge is 0.257 e. The summed E-state index contributed by atoms with van der Waals surface area (Å²) in [6, 6.07) is 15.4. The molecule has 1 aromatic heterocycles. The van der Waals surface area contributed by atoms with Crippen LogP contribution in [0.25, 0.3) is 11.3 Å². The maximum Gasteiger partial charge on any atom is 0.257 e. The van der Waals surface area contributed by atoms with Crippen molar-refractivity contribution in [2.75, 3.05) is 24.4 Å². The number of nitrogens with one attached hydrogen (secondary N) is 2. The van der Waals surface area contributed by atoms with Crippen LogP contribution in [0.4, 0.5) is 5.00 Å². The summed E-state index contributed by atoms with van der Waals surface area (Å²) < 4.78 is 24.7. The predicted molar refractivity (Wildman–Crippen MR) is 120 cm³/mol. The number of benzene rings is 2. The Hall–Kier alpha value is -2.69. The van der Waals surface area contributed by atoms with Crippen LogP contribution in [0, 0.1) is 0 Å². The number of anilines is 1. The van der Waals surface area contributed by atoms with E-state index >= 15 is 0 Å². The average Bonchev–Trinajstić information content (AvgIpc) is 3.14. The van der Waals surface area contributed by atoms with Crippen molar-refractivity contribution in [3.05, 3.63) is 60.2 Å². The minimum absolute atomic E-state index is 0.0394. The maximum atomic E-state index is 12.9. The molecule has 0 spiro atoms. The molecule has 3 rings (SSSR count). The number of aromatic nitrogens is 1. The lowest BCUT2D eigenvalue weighted by molar-refractivity contribution is -0.118. The van der Waals surface area contributed by atoms with Crippen LogP contribution in [0.5, 0.6) is 0 Å². The largest absolute Gasteiger partial charge is 0.358 e. The minimum Gasteiger partial charge on any atom is -0.358 e. The molecule has 2 aromatic carbocycles. The third-order valence-corrected chi connectivity index (χ3v) is 7.29. The first-order valence-electron chi connectivity index (χ1n) is 8.79. The van der Waals surface area contributed by atoms with Crippen LogP contribution in [0.1, 0.15) is 10.4 Å². The molecule has 0 aliphatic heterocycles. The Balaban J connectivity index is 1.96. The quantitative estimate of drug-likeness (QED) is 0.523. The van der Waals surface area contributed by atoms with Crippen LogP contribution < -0.4 is 10.6 Å². The van der Waals surface area contributed by atoms with Gasteiger partial charge in [-0.1, -0.05) is 65.6 Å². The third-order valence-electron chi connectivity index (χ3n) is 4.02. The molecule has 0 bridgehead atoms. The van der Waals surface area contributed by atoms with Gasteiger partial charge in [0.1, 0.15) is 10.7 Å². The Bertz CT molecular complexity index is 1180. The van der Waals surface area contributed by atoms with Crippen LogP contribution in [0.3, 0.4) is 0 Å². The van der Waals surface area contributed by atoms with Crippen molar-refractivity contribution in [1.82, 2.24) is 10.3 Å². The topological polar surface area (TPSA) is 105 Å². The zero-order valence-corrected chi connectivity index (χ0v) is 18.7. The fourth-order valence-corrected chi connectivity index (χ4v) is 5.40. The molecule has 3 aromatic rings. The van der Waals surface area contributed by atoms with Crippen LogP contribution in [0.15, 0.2) is 63.8 Å². The Morgan fingerprint density at radius 1 is 1.07 bits per heavy atom. The van der Waals surface area contributed by atoms with Crippen LogP contribution >= 0.6 is 23.1 Å². The van der Waals surface area contributed by atoms with Crippen molar-refractivity contribution < 1.29 is 18.0 Å². The molecule has 0 radical (unpaired) electrons. The number of rotatable bonds is 7. The number of sulfone groups is 1. The molecule has 0 unspecified atom stereocenters. The van der Waals surface area contributed by atoms with Gasteiger partial charge in [-0.05, 0) is 12.1 Å². The molecule has 2 N–H and O–H groups in total. The van der Waals surface area contributed by atoms with Crippen molar-refractivity contribution in [1.29, 1.82) is 0 Å². The number of nitrogens with zero attached hydrogens (tertiary/aromatic N) is 1. The molecule has 0 saturated carbocycles. The lowest BCUT2D eigenvalue weighted by Crippen LogP contribution is -2.19. The van der Waals surface area contributed by atoms with Gasteiger partial charge in [-0.2, -0.15) is 0 Å². The average molecular weight is 462 g/mol. The highest BCUT2D eigenvalue weighted by molar-refractivity contribution is 8.01. The first-order valence-corrected chi connectivity index (χ1v) is 12.5. The van der Waals surface area contributed by atoms with Crippen molar-refractivity contribution in [3.63, 3.8) is 0 Å². The normalized spacial score (nSPS) is 11.1. The zero-order valence-electron chi connectivity index (χ0n) is 16.2. The molecule has 10 heteroatoms. The Morgan fingerprint density at radius 3 is 2.40 bits per heavy atom. The molecule has 2 amide bonds. The van der Waals surface area contributed by atoms with Gasteiger partial charge in [-0.25, -0.2) is 13.4 Å². The van der Waals surface area contributed by atoms with Gasteiger partial charge < -0.3 is 10.6 Å². The van der Waals surface area contributed by atoms with E-state index in [0.29, 0.717) is 15.0 Å². The summed E-state index contributed by atoms with van der Waals surface area (Å²) in [5.41, 5.74) is 1.42. The summed E-state index contributed by atoms with van der Waals surface area (Å²) in [4.78, 5) is 29.0. The summed E-state index contributed by atoms with van der Waals surface area (Å²) in [7, 11) is -2.01. The second-order valence-electron chi connectivity index (χ2n) is 6.21. The maximum absolute atomic E-state index is 12.9. The molecule has 0 aliphatic carbocycles. The fourth-order valence-electron chi connectivity index (χ4n) is 2.59. The second-order valence-corrected chi connectivity index (χ2v) is 10.4. The highest BCUT2D eigenvalue weighted by Crippen LogP contribution is 2.38. The van der Waals surface area contributed by atoms with Gasteiger partial charge in [-0.3, -0.25) is 9.59 Å². The van der Waals surface area contributed by atoms with E-state index in [4.69, 9.17) is 0 Å². The lowest BCUT2D eigenvalue weighted by Gasteiger charge is -2.09. The monoisotopic (exact) mass is 461 g/mol. The van der Waals surface area contributed by atoms with Gasteiger partial charge in [0.25, 0.3) is 5.91 Å². The van der Waals surface area contributed by atoms with Gasteiger partial charge >= 0.3 is 0 Å². The van der Waals surface area contributed by atoms with Crippen LogP contribution in [-0.4, -0.2) is 44.3 Å². The summed E-state index contributed by atoms with van der Waals surface area (Å²) in [5, 5.41) is 5.83. The molecular formula is C20H19N3O4S3. The molecule has 0 saturated heterocycles. The summed E-state index contributed by atoms with van der Waals surface area (Å²) in [6.07, 6.45) is 1.06. The zero-order chi connectivity index (χ0) is 21.7. The van der Waals surface area contributed by atoms with Gasteiger partial charge in [0.2, 0.25) is 5.91 Å². The van der Waals surface area contributed by atoms with E-state index in [9.17, 15) is 18.0 Å². The van der Waals surface area contributed by atoms with E-state index in [-0.39, 0.29) is 22.1 Å². The van der Waals surface area contributed by atoms with Crippen molar-refractivity contribution in [3.8, 4) is 11.3 Å². The Labute approximate surface area is 182 Å². The number of hydrogen-bond donors (Lipinski definition) is 2. The standard InChI is InChI=1S/C20H19N3O4S3/c1-21-16(24)12-28-20-22-17(13-8-4-3-5-9-13)19(29-20)23-18(25)14-10-6-7-11-15(14)30(2,26)27/h3-11H,12H2,1-2H3,(H,21,24)(H,23,25). The number of amides is 2. The van der Waals surface area contributed by atoms with E-state index in [1.165, 1.54) is 35.2 Å².